The summed E-state index contributed by atoms with van der Waals surface area (Å²) in [4.78, 5) is 22.7. The fourth-order valence-electron chi connectivity index (χ4n) is 1.49. The highest BCUT2D eigenvalue weighted by atomic mass is 32.2. The molecule has 1 aromatic rings. The van der Waals surface area contributed by atoms with Crippen LogP contribution in [0.1, 0.15) is 25.3 Å². The highest BCUT2D eigenvalue weighted by molar-refractivity contribution is 7.95. The molecule has 2 unspecified atom stereocenters. The van der Waals surface area contributed by atoms with Gasteiger partial charge >= 0.3 is 5.97 Å². The second-order valence-corrected chi connectivity index (χ2v) is 5.05. The van der Waals surface area contributed by atoms with Gasteiger partial charge in [0.05, 0.1) is 18.6 Å². The summed E-state index contributed by atoms with van der Waals surface area (Å²) in [5.74, 6) is -1.44. The molecule has 19 heavy (non-hydrogen) atoms. The van der Waals surface area contributed by atoms with Crippen LogP contribution in [0, 0.1) is 0 Å². The maximum Gasteiger partial charge on any atom is 0.327 e. The Morgan fingerprint density at radius 2 is 2.00 bits per heavy atom. The third-order valence-corrected chi connectivity index (χ3v) is 3.02. The normalized spacial score (nSPS) is 13.4. The van der Waals surface area contributed by atoms with Crippen molar-refractivity contribution in [2.24, 2.45) is 0 Å². The van der Waals surface area contributed by atoms with Crippen LogP contribution in [0.5, 0.6) is 0 Å². The topological polar surface area (TPSA) is 75.6 Å². The molecule has 0 aromatic heterocycles. The lowest BCUT2D eigenvalue weighted by Crippen LogP contribution is -2.28. The second-order valence-electron chi connectivity index (χ2n) is 3.99. The summed E-state index contributed by atoms with van der Waals surface area (Å²) in [6, 6.07) is 8.92. The molecule has 0 radical (unpaired) electrons. The lowest BCUT2D eigenvalue weighted by Gasteiger charge is -2.15. The Kier molecular flexibility index (Phi) is 6.38. The third-order valence-electron chi connectivity index (χ3n) is 2.35. The van der Waals surface area contributed by atoms with Crippen LogP contribution in [0.4, 0.5) is 0 Å². The molecule has 0 heterocycles. The van der Waals surface area contributed by atoms with E-state index in [2.05, 4.69) is 5.32 Å². The molecular formula is C13H17NO4S. The Balaban J connectivity index is 2.54. The van der Waals surface area contributed by atoms with Gasteiger partial charge in [0, 0.05) is 6.92 Å². The molecule has 2 atom stereocenters. The van der Waals surface area contributed by atoms with Crippen LogP contribution >= 0.6 is 12.0 Å². The summed E-state index contributed by atoms with van der Waals surface area (Å²) in [5, 5.41) is 11.5. The highest BCUT2D eigenvalue weighted by Crippen LogP contribution is 2.20. The molecule has 104 valence electrons. The van der Waals surface area contributed by atoms with Gasteiger partial charge in [-0.05, 0) is 12.5 Å². The van der Waals surface area contributed by atoms with Crippen LogP contribution in [0.25, 0.3) is 0 Å². The number of benzene rings is 1. The lowest BCUT2D eigenvalue weighted by molar-refractivity contribution is -0.135. The van der Waals surface area contributed by atoms with E-state index in [-0.39, 0.29) is 17.9 Å². The number of hydrogen-bond acceptors (Lipinski definition) is 5. The number of aliphatic hydroxyl groups excluding tert-OH is 1. The minimum absolute atomic E-state index is 0.196. The maximum atomic E-state index is 11.8. The van der Waals surface area contributed by atoms with E-state index in [1.54, 1.807) is 31.2 Å². The van der Waals surface area contributed by atoms with E-state index in [1.807, 2.05) is 6.07 Å². The number of nitrogens with one attached hydrogen (secondary N) is 1. The number of rotatable bonds is 6. The minimum atomic E-state index is -0.710. The minimum Gasteiger partial charge on any atom is -0.395 e. The second kappa shape index (κ2) is 7.81. The first kappa shape index (κ1) is 15.5. The Labute approximate surface area is 116 Å². The molecule has 0 aliphatic carbocycles. The molecule has 0 aliphatic heterocycles. The van der Waals surface area contributed by atoms with Crippen LogP contribution in [-0.4, -0.2) is 29.0 Å². The van der Waals surface area contributed by atoms with E-state index in [1.165, 1.54) is 6.92 Å². The van der Waals surface area contributed by atoms with Gasteiger partial charge in [-0.2, -0.15) is 0 Å². The van der Waals surface area contributed by atoms with Crippen molar-refractivity contribution in [2.45, 2.75) is 25.1 Å². The molecular weight excluding hydrogens is 266 g/mol. The van der Waals surface area contributed by atoms with Crippen molar-refractivity contribution in [3.8, 4) is 0 Å². The van der Waals surface area contributed by atoms with Crippen molar-refractivity contribution < 1.29 is 18.9 Å². The average Bonchev–Trinajstić information content (AvgIpc) is 2.38. The summed E-state index contributed by atoms with van der Waals surface area (Å²) in [5.41, 5.74) is 0.697. The van der Waals surface area contributed by atoms with Crippen LogP contribution < -0.4 is 5.32 Å². The predicted octanol–water partition coefficient (Wildman–Crippen LogP) is 1.44. The number of aliphatic hydroxyl groups is 1. The Hall–Kier alpha value is -1.53. The van der Waals surface area contributed by atoms with Crippen molar-refractivity contribution in [1.29, 1.82) is 0 Å². The van der Waals surface area contributed by atoms with Crippen molar-refractivity contribution in [3.63, 3.8) is 0 Å². The van der Waals surface area contributed by atoms with E-state index < -0.39 is 11.9 Å². The van der Waals surface area contributed by atoms with Gasteiger partial charge in [0.15, 0.2) is 0 Å². The van der Waals surface area contributed by atoms with Crippen molar-refractivity contribution in [3.05, 3.63) is 35.9 Å². The molecule has 5 nitrogen and oxygen atoms in total. The molecule has 0 saturated carbocycles. The zero-order valence-electron chi connectivity index (χ0n) is 10.8. The molecule has 0 fully saturated rings. The van der Waals surface area contributed by atoms with E-state index in [4.69, 9.17) is 4.18 Å². The molecule has 0 aliphatic rings. The van der Waals surface area contributed by atoms with Crippen molar-refractivity contribution in [1.82, 2.24) is 5.32 Å². The monoisotopic (exact) mass is 283 g/mol. The SMILES string of the molecule is CC(=O)NC(C)SOC(=O)C(CO)c1ccccc1. The van der Waals surface area contributed by atoms with Crippen LogP contribution in [0.15, 0.2) is 30.3 Å². The van der Waals surface area contributed by atoms with Gasteiger partial charge < -0.3 is 14.6 Å². The number of amides is 1. The molecule has 0 saturated heterocycles. The zero-order chi connectivity index (χ0) is 14.3. The predicted molar refractivity (Wildman–Crippen MR) is 73.2 cm³/mol. The van der Waals surface area contributed by atoms with Crippen LogP contribution in [-0.2, 0) is 13.8 Å². The maximum absolute atomic E-state index is 11.8. The van der Waals surface area contributed by atoms with Gasteiger partial charge in [0.1, 0.15) is 11.3 Å². The fourth-order valence-corrected chi connectivity index (χ4v) is 2.06. The first-order chi connectivity index (χ1) is 9.04. The summed E-state index contributed by atoms with van der Waals surface area (Å²) < 4.78 is 5.02. The third kappa shape index (κ3) is 5.32. The molecule has 1 rings (SSSR count). The largest absolute Gasteiger partial charge is 0.395 e. The van der Waals surface area contributed by atoms with E-state index >= 15 is 0 Å². The standard InChI is InChI=1S/C13H17NO4S/c1-9(16)14-10(2)19-18-13(17)12(8-15)11-6-4-3-5-7-11/h3-7,10,12,15H,8H2,1-2H3,(H,14,16). The summed E-state index contributed by atoms with van der Waals surface area (Å²) in [6.45, 7) is 2.77. The van der Waals surface area contributed by atoms with Gasteiger partial charge in [-0.15, -0.1) is 0 Å². The average molecular weight is 283 g/mol. The van der Waals surface area contributed by atoms with Gasteiger partial charge in [-0.1, -0.05) is 30.3 Å². The van der Waals surface area contributed by atoms with Gasteiger partial charge in [0.25, 0.3) is 0 Å². The Bertz CT molecular complexity index is 424. The molecule has 0 spiro atoms. The molecule has 0 bridgehead atoms. The van der Waals surface area contributed by atoms with Gasteiger partial charge in [0.2, 0.25) is 5.91 Å². The Morgan fingerprint density at radius 1 is 1.37 bits per heavy atom. The van der Waals surface area contributed by atoms with Gasteiger partial charge in [-0.25, -0.2) is 0 Å². The fraction of sp³-hybridized carbons (Fsp3) is 0.385. The van der Waals surface area contributed by atoms with Crippen LogP contribution in [0.2, 0.25) is 0 Å². The quantitative estimate of drug-likeness (QED) is 0.610. The Morgan fingerprint density at radius 3 is 2.53 bits per heavy atom. The number of hydrogen-bond donors (Lipinski definition) is 2. The van der Waals surface area contributed by atoms with Crippen LogP contribution in [0.3, 0.4) is 0 Å². The van der Waals surface area contributed by atoms with E-state index in [0.717, 1.165) is 12.0 Å². The number of carbonyl (C=O) groups is 2. The van der Waals surface area contributed by atoms with E-state index in [0.29, 0.717) is 5.56 Å². The van der Waals surface area contributed by atoms with Crippen molar-refractivity contribution >= 4 is 23.9 Å². The summed E-state index contributed by atoms with van der Waals surface area (Å²) in [6.07, 6.45) is 0. The van der Waals surface area contributed by atoms with Gasteiger partial charge in [-0.3, -0.25) is 9.59 Å². The molecule has 2 N–H and O–H groups in total. The first-order valence-corrected chi connectivity index (χ1v) is 6.65. The molecule has 6 heteroatoms. The summed E-state index contributed by atoms with van der Waals surface area (Å²) >= 11 is 0.859. The summed E-state index contributed by atoms with van der Waals surface area (Å²) in [7, 11) is 0. The molecule has 1 aromatic carbocycles. The number of carbonyl (C=O) groups excluding carboxylic acids is 2. The van der Waals surface area contributed by atoms with Crippen molar-refractivity contribution in [2.75, 3.05) is 6.61 Å². The smallest absolute Gasteiger partial charge is 0.327 e. The molecule has 1 amide bonds. The lowest BCUT2D eigenvalue weighted by atomic mass is 10.0. The zero-order valence-corrected chi connectivity index (χ0v) is 11.6. The van der Waals surface area contributed by atoms with E-state index in [9.17, 15) is 14.7 Å². The first-order valence-electron chi connectivity index (χ1n) is 5.84. The highest BCUT2D eigenvalue weighted by Gasteiger charge is 2.22.